The highest BCUT2D eigenvalue weighted by molar-refractivity contribution is 5.20. The van der Waals surface area contributed by atoms with Gasteiger partial charge in [0.2, 0.25) is 0 Å². The van der Waals surface area contributed by atoms with Crippen molar-refractivity contribution in [2.75, 3.05) is 19.8 Å². The van der Waals surface area contributed by atoms with Crippen LogP contribution in [0.4, 0.5) is 0 Å². The molecule has 0 aliphatic carbocycles. The third kappa shape index (κ3) is 3.91. The number of ether oxygens (including phenoxy) is 2. The summed E-state index contributed by atoms with van der Waals surface area (Å²) in [6, 6.07) is 20.8. The van der Waals surface area contributed by atoms with E-state index in [4.69, 9.17) is 9.47 Å². The van der Waals surface area contributed by atoms with Gasteiger partial charge in [-0.1, -0.05) is 60.7 Å². The highest BCUT2D eigenvalue weighted by Crippen LogP contribution is 2.22. The maximum Gasteiger partial charge on any atom is 0.176 e. The summed E-state index contributed by atoms with van der Waals surface area (Å²) in [5.74, 6) is 0. The Bertz CT molecular complexity index is 529. The van der Waals surface area contributed by atoms with Crippen LogP contribution >= 0.6 is 0 Å². The highest BCUT2D eigenvalue weighted by atomic mass is 16.7. The number of morpholine rings is 1. The Hall–Kier alpha value is -1.68. The van der Waals surface area contributed by atoms with Crippen LogP contribution in [0, 0.1) is 0 Å². The lowest BCUT2D eigenvalue weighted by atomic mass is 10.1. The zero-order chi connectivity index (χ0) is 14.3. The van der Waals surface area contributed by atoms with Crippen molar-refractivity contribution in [3.05, 3.63) is 71.8 Å². The molecule has 1 aliphatic rings. The molecule has 0 spiro atoms. The van der Waals surface area contributed by atoms with Crippen LogP contribution in [0.5, 0.6) is 0 Å². The van der Waals surface area contributed by atoms with Crippen molar-refractivity contribution in [3.8, 4) is 0 Å². The molecular formula is C18H21NO2. The molecule has 3 heteroatoms. The predicted molar refractivity (Wildman–Crippen MR) is 83.0 cm³/mol. The fraction of sp³-hybridized carbons (Fsp3) is 0.333. The van der Waals surface area contributed by atoms with Gasteiger partial charge in [0, 0.05) is 6.54 Å². The van der Waals surface area contributed by atoms with Crippen LogP contribution in [0.25, 0.3) is 0 Å². The van der Waals surface area contributed by atoms with E-state index in [0.717, 1.165) is 13.0 Å². The van der Waals surface area contributed by atoms with Gasteiger partial charge in [0.15, 0.2) is 6.29 Å². The molecule has 0 bridgehead atoms. The van der Waals surface area contributed by atoms with E-state index in [1.165, 1.54) is 11.1 Å². The maximum absolute atomic E-state index is 5.97. The maximum atomic E-state index is 5.97. The fourth-order valence-electron chi connectivity index (χ4n) is 2.60. The van der Waals surface area contributed by atoms with Crippen molar-refractivity contribution in [1.29, 1.82) is 0 Å². The second kappa shape index (κ2) is 7.36. The van der Waals surface area contributed by atoms with Gasteiger partial charge in [-0.15, -0.1) is 0 Å². The smallest absolute Gasteiger partial charge is 0.176 e. The van der Waals surface area contributed by atoms with E-state index >= 15 is 0 Å². The topological polar surface area (TPSA) is 30.5 Å². The first-order valence-corrected chi connectivity index (χ1v) is 7.49. The Morgan fingerprint density at radius 3 is 2.48 bits per heavy atom. The van der Waals surface area contributed by atoms with Crippen molar-refractivity contribution in [3.63, 3.8) is 0 Å². The molecule has 1 fully saturated rings. The number of hydrogen-bond acceptors (Lipinski definition) is 3. The quantitative estimate of drug-likeness (QED) is 0.915. The van der Waals surface area contributed by atoms with Gasteiger partial charge in [0.1, 0.15) is 0 Å². The van der Waals surface area contributed by atoms with Crippen LogP contribution < -0.4 is 5.32 Å². The number of benzene rings is 2. The Morgan fingerprint density at radius 1 is 1.00 bits per heavy atom. The third-order valence-electron chi connectivity index (χ3n) is 3.69. The lowest BCUT2D eigenvalue weighted by Gasteiger charge is -2.32. The Balaban J connectivity index is 1.57. The van der Waals surface area contributed by atoms with Gasteiger partial charge in [0.25, 0.3) is 0 Å². The molecule has 1 saturated heterocycles. The Morgan fingerprint density at radius 2 is 1.71 bits per heavy atom. The first kappa shape index (κ1) is 14.3. The normalized spacial score (nSPS) is 22.1. The molecule has 2 unspecified atom stereocenters. The van der Waals surface area contributed by atoms with Crippen molar-refractivity contribution in [2.24, 2.45) is 0 Å². The molecule has 110 valence electrons. The molecule has 3 rings (SSSR count). The molecule has 0 radical (unpaired) electrons. The molecule has 0 amide bonds. The van der Waals surface area contributed by atoms with Gasteiger partial charge >= 0.3 is 0 Å². The first-order valence-electron chi connectivity index (χ1n) is 7.49. The zero-order valence-electron chi connectivity index (χ0n) is 12.1. The van der Waals surface area contributed by atoms with Crippen LogP contribution in [-0.2, 0) is 15.9 Å². The zero-order valence-corrected chi connectivity index (χ0v) is 12.1. The van der Waals surface area contributed by atoms with Crippen LogP contribution in [-0.4, -0.2) is 26.0 Å². The average molecular weight is 283 g/mol. The van der Waals surface area contributed by atoms with Crippen molar-refractivity contribution in [2.45, 2.75) is 18.8 Å². The monoisotopic (exact) mass is 283 g/mol. The minimum atomic E-state index is -0.218. The fourth-order valence-corrected chi connectivity index (χ4v) is 2.60. The summed E-state index contributed by atoms with van der Waals surface area (Å²) >= 11 is 0. The molecule has 0 aromatic heterocycles. The molecular weight excluding hydrogens is 262 g/mol. The second-order valence-corrected chi connectivity index (χ2v) is 5.19. The largest absolute Gasteiger partial charge is 0.350 e. The average Bonchev–Trinajstić information content (AvgIpc) is 2.57. The van der Waals surface area contributed by atoms with Gasteiger partial charge in [-0.3, -0.25) is 0 Å². The number of hydrogen-bond donors (Lipinski definition) is 1. The van der Waals surface area contributed by atoms with Crippen LogP contribution in [0.15, 0.2) is 60.7 Å². The molecule has 2 aromatic carbocycles. The summed E-state index contributed by atoms with van der Waals surface area (Å²) in [7, 11) is 0. The van der Waals surface area contributed by atoms with E-state index in [0.29, 0.717) is 13.2 Å². The lowest BCUT2D eigenvalue weighted by Crippen LogP contribution is -2.43. The highest BCUT2D eigenvalue weighted by Gasteiger charge is 2.27. The molecule has 1 N–H and O–H groups in total. The van der Waals surface area contributed by atoms with E-state index in [-0.39, 0.29) is 12.3 Å². The Labute approximate surface area is 125 Å². The van der Waals surface area contributed by atoms with Gasteiger partial charge in [0.05, 0.1) is 19.3 Å². The molecule has 2 aromatic rings. The minimum Gasteiger partial charge on any atom is -0.350 e. The van der Waals surface area contributed by atoms with Gasteiger partial charge in [-0.2, -0.15) is 0 Å². The van der Waals surface area contributed by atoms with E-state index in [1.807, 2.05) is 24.3 Å². The van der Waals surface area contributed by atoms with Crippen molar-refractivity contribution >= 4 is 0 Å². The molecule has 1 heterocycles. The molecule has 2 atom stereocenters. The van der Waals surface area contributed by atoms with E-state index in [1.54, 1.807) is 0 Å². The summed E-state index contributed by atoms with van der Waals surface area (Å²) < 4.78 is 11.8. The number of rotatable bonds is 5. The van der Waals surface area contributed by atoms with Crippen LogP contribution in [0.2, 0.25) is 0 Å². The summed E-state index contributed by atoms with van der Waals surface area (Å²) in [6.45, 7) is 2.22. The van der Waals surface area contributed by atoms with Crippen molar-refractivity contribution in [1.82, 2.24) is 5.32 Å². The second-order valence-electron chi connectivity index (χ2n) is 5.19. The van der Waals surface area contributed by atoms with Gasteiger partial charge in [-0.25, -0.2) is 0 Å². The Kier molecular flexibility index (Phi) is 5.00. The van der Waals surface area contributed by atoms with Crippen molar-refractivity contribution < 1.29 is 9.47 Å². The summed E-state index contributed by atoms with van der Waals surface area (Å²) in [5, 5.41) is 3.48. The number of nitrogens with one attached hydrogen (secondary N) is 1. The SMILES string of the molecule is c1ccc(CCOC2OCCNC2c2ccccc2)cc1. The van der Waals surface area contributed by atoms with E-state index in [9.17, 15) is 0 Å². The van der Waals surface area contributed by atoms with Gasteiger partial charge in [-0.05, 0) is 17.5 Å². The first-order chi connectivity index (χ1) is 10.4. The lowest BCUT2D eigenvalue weighted by molar-refractivity contribution is -0.176. The molecule has 21 heavy (non-hydrogen) atoms. The molecule has 1 aliphatic heterocycles. The van der Waals surface area contributed by atoms with Crippen LogP contribution in [0.1, 0.15) is 17.2 Å². The summed E-state index contributed by atoms with van der Waals surface area (Å²) in [5.41, 5.74) is 2.50. The summed E-state index contributed by atoms with van der Waals surface area (Å²) in [4.78, 5) is 0. The van der Waals surface area contributed by atoms with Gasteiger partial charge < -0.3 is 14.8 Å². The predicted octanol–water partition coefficient (Wildman–Crippen LogP) is 2.93. The van der Waals surface area contributed by atoms with E-state index in [2.05, 4.69) is 41.7 Å². The molecule has 0 saturated carbocycles. The summed E-state index contributed by atoms with van der Waals surface area (Å²) in [6.07, 6.45) is 0.687. The third-order valence-corrected chi connectivity index (χ3v) is 3.69. The standard InChI is InChI=1S/C18H21NO2/c1-3-7-15(8-4-1)11-13-20-18-17(19-12-14-21-18)16-9-5-2-6-10-16/h1-10,17-19H,11-14H2. The van der Waals surface area contributed by atoms with Crippen LogP contribution in [0.3, 0.4) is 0 Å². The van der Waals surface area contributed by atoms with E-state index < -0.39 is 0 Å². The minimum absolute atomic E-state index is 0.107. The molecule has 3 nitrogen and oxygen atoms in total.